The number of esters is 3. The minimum atomic E-state index is -0.797. The van der Waals surface area contributed by atoms with Crippen LogP contribution >= 0.6 is 0 Å². The van der Waals surface area contributed by atoms with Gasteiger partial charge in [0.25, 0.3) is 0 Å². The lowest BCUT2D eigenvalue weighted by molar-refractivity contribution is -0.166. The quantitative estimate of drug-likeness (QED) is 0.0262. The van der Waals surface area contributed by atoms with Gasteiger partial charge in [-0.25, -0.2) is 0 Å². The second-order valence-electron chi connectivity index (χ2n) is 19.5. The number of hydrogen-bond acceptors (Lipinski definition) is 6. The van der Waals surface area contributed by atoms with Crippen molar-refractivity contribution < 1.29 is 28.6 Å². The van der Waals surface area contributed by atoms with Crippen molar-refractivity contribution in [1.82, 2.24) is 0 Å². The molecule has 0 spiro atoms. The molecule has 0 aromatic carbocycles. The standard InChI is InChI=1S/C61H110O6/c1-4-7-10-13-16-19-22-25-27-28-29-30-31-32-33-34-37-39-42-45-48-51-54-60(63)66-57-58(56-65-59(62)53-50-47-44-41-38-35-24-21-18-15-12-9-6-3)67-61(64)55-52-49-46-43-40-36-26-23-20-17-14-11-8-5-2/h9,12,18,21,35,38,44,47,58H,4-8,10-11,13-17,19-20,22-34,36-37,39-43,45-46,48-57H2,1-3H3/b12-9-,21-18-,38-35-,47-44-. The lowest BCUT2D eigenvalue weighted by Gasteiger charge is -2.18. The molecule has 0 aromatic rings. The number of unbranched alkanes of at least 4 members (excludes halogenated alkanes) is 34. The number of hydrogen-bond donors (Lipinski definition) is 0. The number of carbonyl (C=O) groups is 3. The Morgan fingerprint density at radius 3 is 0.910 bits per heavy atom. The third kappa shape index (κ3) is 54.2. The second-order valence-corrected chi connectivity index (χ2v) is 19.5. The van der Waals surface area contributed by atoms with Crippen LogP contribution in [0.15, 0.2) is 48.6 Å². The molecule has 0 saturated heterocycles. The van der Waals surface area contributed by atoms with Crippen LogP contribution in [0.3, 0.4) is 0 Å². The van der Waals surface area contributed by atoms with Crippen LogP contribution in [0.1, 0.15) is 303 Å². The van der Waals surface area contributed by atoms with E-state index in [0.29, 0.717) is 19.3 Å². The summed E-state index contributed by atoms with van der Waals surface area (Å²) in [6, 6.07) is 0. The first-order valence-electron chi connectivity index (χ1n) is 29.1. The molecule has 0 rings (SSSR count). The van der Waals surface area contributed by atoms with Gasteiger partial charge in [0.05, 0.1) is 0 Å². The van der Waals surface area contributed by atoms with Crippen LogP contribution in [-0.4, -0.2) is 37.2 Å². The van der Waals surface area contributed by atoms with Crippen LogP contribution < -0.4 is 0 Å². The molecule has 0 saturated carbocycles. The maximum Gasteiger partial charge on any atom is 0.306 e. The van der Waals surface area contributed by atoms with Gasteiger partial charge in [-0.05, 0) is 44.9 Å². The lowest BCUT2D eigenvalue weighted by Crippen LogP contribution is -2.30. The summed E-state index contributed by atoms with van der Waals surface area (Å²) in [5.41, 5.74) is 0. The summed E-state index contributed by atoms with van der Waals surface area (Å²) in [5.74, 6) is -0.959. The number of rotatable bonds is 53. The molecule has 6 heteroatoms. The fourth-order valence-electron chi connectivity index (χ4n) is 8.52. The van der Waals surface area contributed by atoms with Crippen LogP contribution in [0, 0.1) is 0 Å². The van der Waals surface area contributed by atoms with Crippen LogP contribution in [0.5, 0.6) is 0 Å². The van der Waals surface area contributed by atoms with Gasteiger partial charge in [-0.3, -0.25) is 14.4 Å². The van der Waals surface area contributed by atoms with E-state index >= 15 is 0 Å². The summed E-state index contributed by atoms with van der Waals surface area (Å²) in [6.07, 6.45) is 68.4. The van der Waals surface area contributed by atoms with Crippen LogP contribution in [0.2, 0.25) is 0 Å². The zero-order valence-corrected chi connectivity index (χ0v) is 44.7. The van der Waals surface area contributed by atoms with Crippen molar-refractivity contribution in [3.8, 4) is 0 Å². The van der Waals surface area contributed by atoms with Crippen molar-refractivity contribution in [1.29, 1.82) is 0 Å². The number of allylic oxidation sites excluding steroid dienone is 8. The largest absolute Gasteiger partial charge is 0.462 e. The Bertz CT molecular complexity index is 1170. The maximum absolute atomic E-state index is 12.8. The van der Waals surface area contributed by atoms with Crippen molar-refractivity contribution in [3.05, 3.63) is 48.6 Å². The molecular weight excluding hydrogens is 829 g/mol. The smallest absolute Gasteiger partial charge is 0.306 e. The molecule has 0 aliphatic carbocycles. The van der Waals surface area contributed by atoms with E-state index < -0.39 is 6.10 Å². The predicted molar refractivity (Wildman–Crippen MR) is 289 cm³/mol. The highest BCUT2D eigenvalue weighted by atomic mass is 16.6. The van der Waals surface area contributed by atoms with E-state index in [1.807, 2.05) is 6.08 Å². The van der Waals surface area contributed by atoms with Crippen LogP contribution in [0.4, 0.5) is 0 Å². The van der Waals surface area contributed by atoms with E-state index in [0.717, 1.165) is 64.2 Å². The van der Waals surface area contributed by atoms with Gasteiger partial charge in [0, 0.05) is 19.3 Å². The topological polar surface area (TPSA) is 78.9 Å². The van der Waals surface area contributed by atoms with Crippen LogP contribution in [-0.2, 0) is 28.6 Å². The van der Waals surface area contributed by atoms with Gasteiger partial charge < -0.3 is 14.2 Å². The molecule has 1 atom stereocenters. The van der Waals surface area contributed by atoms with Crippen molar-refractivity contribution in [3.63, 3.8) is 0 Å². The van der Waals surface area contributed by atoms with Gasteiger partial charge in [0.15, 0.2) is 6.10 Å². The monoisotopic (exact) mass is 939 g/mol. The SMILES string of the molecule is CC/C=C\C/C=C\C/C=C\C/C=C\CCC(=O)OCC(COC(=O)CCCCCCCCCCCCCCCCCCCCCCCC)OC(=O)CCCCCCCCCCCCCCCC. The Labute approximate surface area is 416 Å². The van der Waals surface area contributed by atoms with Crippen molar-refractivity contribution in [2.75, 3.05) is 13.2 Å². The molecule has 390 valence electrons. The lowest BCUT2D eigenvalue weighted by atomic mass is 10.0. The predicted octanol–water partition coefficient (Wildman–Crippen LogP) is 19.4. The third-order valence-electron chi connectivity index (χ3n) is 12.9. The van der Waals surface area contributed by atoms with Crippen molar-refractivity contribution >= 4 is 17.9 Å². The Morgan fingerprint density at radius 2 is 0.582 bits per heavy atom. The minimum absolute atomic E-state index is 0.0905. The number of ether oxygens (including phenoxy) is 3. The molecule has 0 aromatic heterocycles. The van der Waals surface area contributed by atoms with Crippen molar-refractivity contribution in [2.24, 2.45) is 0 Å². The van der Waals surface area contributed by atoms with Gasteiger partial charge >= 0.3 is 17.9 Å². The Morgan fingerprint density at radius 1 is 0.313 bits per heavy atom. The van der Waals surface area contributed by atoms with Gasteiger partial charge in [-0.15, -0.1) is 0 Å². The summed E-state index contributed by atoms with van der Waals surface area (Å²) in [5, 5.41) is 0. The molecule has 0 heterocycles. The zero-order chi connectivity index (χ0) is 48.6. The maximum atomic E-state index is 12.8. The Hall–Kier alpha value is -2.63. The number of carbonyl (C=O) groups excluding carboxylic acids is 3. The first-order valence-corrected chi connectivity index (χ1v) is 29.1. The molecule has 0 bridgehead atoms. The third-order valence-corrected chi connectivity index (χ3v) is 12.9. The molecular formula is C61H110O6. The summed E-state index contributed by atoms with van der Waals surface area (Å²) in [6.45, 7) is 6.50. The molecule has 0 aliphatic heterocycles. The first-order chi connectivity index (χ1) is 33.0. The zero-order valence-electron chi connectivity index (χ0n) is 44.7. The molecule has 67 heavy (non-hydrogen) atoms. The van der Waals surface area contributed by atoms with E-state index in [1.54, 1.807) is 0 Å². The highest BCUT2D eigenvalue weighted by molar-refractivity contribution is 5.71. The first kappa shape index (κ1) is 64.4. The molecule has 0 amide bonds. The average molecular weight is 940 g/mol. The molecule has 1 unspecified atom stereocenters. The van der Waals surface area contributed by atoms with E-state index in [-0.39, 0.29) is 37.5 Å². The Kier molecular flexibility index (Phi) is 53.8. The molecule has 0 radical (unpaired) electrons. The molecule has 0 fully saturated rings. The molecule has 6 nitrogen and oxygen atoms in total. The van der Waals surface area contributed by atoms with Crippen molar-refractivity contribution in [2.45, 2.75) is 309 Å². The average Bonchev–Trinajstić information content (AvgIpc) is 3.33. The highest BCUT2D eigenvalue weighted by Crippen LogP contribution is 2.17. The molecule has 0 N–H and O–H groups in total. The molecule has 0 aliphatic rings. The summed E-state index contributed by atoms with van der Waals surface area (Å²) < 4.78 is 16.8. The van der Waals surface area contributed by atoms with Gasteiger partial charge in [-0.2, -0.15) is 0 Å². The summed E-state index contributed by atoms with van der Waals surface area (Å²) in [4.78, 5) is 38.1. The van der Waals surface area contributed by atoms with E-state index in [4.69, 9.17) is 14.2 Å². The van der Waals surface area contributed by atoms with E-state index in [2.05, 4.69) is 63.3 Å². The van der Waals surface area contributed by atoms with Crippen LogP contribution in [0.25, 0.3) is 0 Å². The van der Waals surface area contributed by atoms with Gasteiger partial charge in [0.2, 0.25) is 0 Å². The summed E-state index contributed by atoms with van der Waals surface area (Å²) >= 11 is 0. The van der Waals surface area contributed by atoms with E-state index in [1.165, 1.54) is 193 Å². The fourth-order valence-corrected chi connectivity index (χ4v) is 8.52. The fraction of sp³-hybridized carbons (Fsp3) is 0.820. The Balaban J connectivity index is 4.30. The normalized spacial score (nSPS) is 12.3. The summed E-state index contributed by atoms with van der Waals surface area (Å²) in [7, 11) is 0. The van der Waals surface area contributed by atoms with Gasteiger partial charge in [0.1, 0.15) is 13.2 Å². The second kappa shape index (κ2) is 56.0. The van der Waals surface area contributed by atoms with E-state index in [9.17, 15) is 14.4 Å². The minimum Gasteiger partial charge on any atom is -0.462 e. The highest BCUT2D eigenvalue weighted by Gasteiger charge is 2.19. The van der Waals surface area contributed by atoms with Gasteiger partial charge in [-0.1, -0.05) is 288 Å².